The van der Waals surface area contributed by atoms with Gasteiger partial charge in [0.25, 0.3) is 0 Å². The summed E-state index contributed by atoms with van der Waals surface area (Å²) in [5, 5.41) is 0. The zero-order chi connectivity index (χ0) is 19.1. The van der Waals surface area contributed by atoms with Crippen molar-refractivity contribution in [1.82, 2.24) is 4.90 Å². The van der Waals surface area contributed by atoms with Gasteiger partial charge in [0, 0.05) is 5.92 Å². The first-order valence-corrected chi connectivity index (χ1v) is 9.05. The summed E-state index contributed by atoms with van der Waals surface area (Å²) in [6.45, 7) is 11.5. The molecule has 140 valence electrons. The summed E-state index contributed by atoms with van der Waals surface area (Å²) in [6, 6.07) is 9.59. The Hall–Kier alpha value is -2.14. The first-order valence-electron chi connectivity index (χ1n) is 9.05. The lowest BCUT2D eigenvalue weighted by Crippen LogP contribution is -2.43. The van der Waals surface area contributed by atoms with Crippen LogP contribution >= 0.6 is 0 Å². The number of rotatable bonds is 4. The third-order valence-corrected chi connectivity index (χ3v) is 5.18. The van der Waals surface area contributed by atoms with Crippen LogP contribution < -0.4 is 0 Å². The fourth-order valence-electron chi connectivity index (χ4n) is 4.08. The molecule has 26 heavy (non-hydrogen) atoms. The van der Waals surface area contributed by atoms with Gasteiger partial charge in [0.2, 0.25) is 5.91 Å². The standard InChI is InChI=1S/C21H27NO4/c1-6-10-15-17(19(24)26-20(2,3)4)18(23)22-16(13-25-21(15,22)5)14-11-8-7-9-12-14/h6-9,11-12,15-17H,1,10,13H2,2-5H3/t15-,16-,17-,21-/m1/s1. The zero-order valence-corrected chi connectivity index (χ0v) is 15.9. The minimum Gasteiger partial charge on any atom is -0.459 e. The molecular formula is C21H27NO4. The molecule has 0 N–H and O–H groups in total. The van der Waals surface area contributed by atoms with Crippen LogP contribution in [0, 0.1) is 11.8 Å². The number of benzene rings is 1. The van der Waals surface area contributed by atoms with Crippen molar-refractivity contribution in [2.45, 2.75) is 51.5 Å². The second-order valence-electron chi connectivity index (χ2n) is 8.14. The summed E-state index contributed by atoms with van der Waals surface area (Å²) in [5.74, 6) is -1.90. The number of esters is 1. The van der Waals surface area contributed by atoms with Crippen molar-refractivity contribution in [3.8, 4) is 0 Å². The highest BCUT2D eigenvalue weighted by Crippen LogP contribution is 2.51. The van der Waals surface area contributed by atoms with Crippen LogP contribution in [0.2, 0.25) is 0 Å². The van der Waals surface area contributed by atoms with E-state index in [4.69, 9.17) is 9.47 Å². The maximum absolute atomic E-state index is 13.3. The molecule has 2 aliphatic heterocycles. The summed E-state index contributed by atoms with van der Waals surface area (Å²) < 4.78 is 11.7. The Labute approximate surface area is 155 Å². The molecule has 0 unspecified atom stereocenters. The number of carbonyl (C=O) groups is 2. The van der Waals surface area contributed by atoms with Crippen LogP contribution in [-0.4, -0.2) is 34.7 Å². The van der Waals surface area contributed by atoms with Gasteiger partial charge in [-0.1, -0.05) is 36.4 Å². The predicted octanol–water partition coefficient (Wildman–Crippen LogP) is 3.47. The van der Waals surface area contributed by atoms with E-state index >= 15 is 0 Å². The van der Waals surface area contributed by atoms with E-state index in [1.807, 2.05) is 37.3 Å². The largest absolute Gasteiger partial charge is 0.459 e. The molecule has 4 atom stereocenters. The molecule has 2 fully saturated rings. The summed E-state index contributed by atoms with van der Waals surface area (Å²) in [6.07, 6.45) is 2.24. The lowest BCUT2D eigenvalue weighted by atomic mass is 9.85. The number of amides is 1. The van der Waals surface area contributed by atoms with Gasteiger partial charge in [-0.3, -0.25) is 9.59 Å². The van der Waals surface area contributed by atoms with E-state index in [2.05, 4.69) is 6.58 Å². The average Bonchev–Trinajstić information content (AvgIpc) is 3.01. The summed E-state index contributed by atoms with van der Waals surface area (Å²) in [7, 11) is 0. The fourth-order valence-corrected chi connectivity index (χ4v) is 4.08. The third kappa shape index (κ3) is 3.05. The Morgan fingerprint density at radius 1 is 1.38 bits per heavy atom. The van der Waals surface area contributed by atoms with Crippen LogP contribution in [0.25, 0.3) is 0 Å². The van der Waals surface area contributed by atoms with Gasteiger partial charge in [0.1, 0.15) is 17.2 Å². The van der Waals surface area contributed by atoms with Crippen molar-refractivity contribution >= 4 is 11.9 Å². The van der Waals surface area contributed by atoms with E-state index in [9.17, 15) is 9.59 Å². The Kier molecular flexibility index (Phi) is 4.69. The van der Waals surface area contributed by atoms with Crippen LogP contribution in [0.4, 0.5) is 0 Å². The van der Waals surface area contributed by atoms with Gasteiger partial charge in [-0.2, -0.15) is 0 Å². The average molecular weight is 357 g/mol. The quantitative estimate of drug-likeness (QED) is 0.470. The van der Waals surface area contributed by atoms with Gasteiger partial charge < -0.3 is 14.4 Å². The van der Waals surface area contributed by atoms with Crippen molar-refractivity contribution < 1.29 is 19.1 Å². The van der Waals surface area contributed by atoms with Gasteiger partial charge in [0.05, 0.1) is 12.6 Å². The molecule has 0 spiro atoms. The fraction of sp³-hybridized carbons (Fsp3) is 0.524. The minimum atomic E-state index is -0.872. The zero-order valence-electron chi connectivity index (χ0n) is 15.9. The molecule has 5 nitrogen and oxygen atoms in total. The topological polar surface area (TPSA) is 55.8 Å². The number of ether oxygens (including phenoxy) is 2. The first kappa shape index (κ1) is 18.6. The molecule has 0 aromatic heterocycles. The van der Waals surface area contributed by atoms with Crippen LogP contribution in [0.5, 0.6) is 0 Å². The van der Waals surface area contributed by atoms with Crippen molar-refractivity contribution in [2.75, 3.05) is 6.61 Å². The molecule has 3 rings (SSSR count). The molecule has 1 aromatic carbocycles. The molecule has 5 heteroatoms. The molecule has 0 radical (unpaired) electrons. The van der Waals surface area contributed by atoms with Crippen molar-refractivity contribution in [2.24, 2.45) is 11.8 Å². The second-order valence-corrected chi connectivity index (χ2v) is 8.14. The maximum atomic E-state index is 13.3. The molecule has 1 aromatic rings. The first-order chi connectivity index (χ1) is 12.2. The van der Waals surface area contributed by atoms with Crippen LogP contribution in [0.3, 0.4) is 0 Å². The van der Waals surface area contributed by atoms with Gasteiger partial charge in [0.15, 0.2) is 0 Å². The Morgan fingerprint density at radius 2 is 2.04 bits per heavy atom. The van der Waals surface area contributed by atoms with Crippen molar-refractivity contribution in [3.05, 3.63) is 48.6 Å². The van der Waals surface area contributed by atoms with Crippen LogP contribution in [-0.2, 0) is 19.1 Å². The lowest BCUT2D eigenvalue weighted by Gasteiger charge is -2.33. The molecule has 1 amide bonds. The third-order valence-electron chi connectivity index (χ3n) is 5.18. The summed E-state index contributed by atoms with van der Waals surface area (Å²) in [4.78, 5) is 27.9. The highest BCUT2D eigenvalue weighted by molar-refractivity contribution is 6.01. The van der Waals surface area contributed by atoms with Gasteiger partial charge >= 0.3 is 5.97 Å². The Bertz CT molecular complexity index is 708. The van der Waals surface area contributed by atoms with E-state index in [0.717, 1.165) is 5.56 Å². The van der Waals surface area contributed by atoms with Gasteiger partial charge in [-0.15, -0.1) is 6.58 Å². The number of carbonyl (C=O) groups excluding carboxylic acids is 2. The number of fused-ring (bicyclic) bond motifs is 1. The molecular weight excluding hydrogens is 330 g/mol. The molecule has 2 aliphatic rings. The number of allylic oxidation sites excluding steroid dienone is 1. The van der Waals surface area contributed by atoms with E-state index in [1.165, 1.54) is 0 Å². The van der Waals surface area contributed by atoms with E-state index in [0.29, 0.717) is 13.0 Å². The molecule has 0 saturated carbocycles. The normalized spacial score (nSPS) is 31.0. The number of nitrogens with zero attached hydrogens (tertiary/aromatic N) is 1. The number of hydrogen-bond acceptors (Lipinski definition) is 4. The number of hydrogen-bond donors (Lipinski definition) is 0. The highest BCUT2D eigenvalue weighted by atomic mass is 16.6. The summed E-state index contributed by atoms with van der Waals surface area (Å²) >= 11 is 0. The van der Waals surface area contributed by atoms with E-state index in [1.54, 1.807) is 31.7 Å². The second kappa shape index (κ2) is 6.54. The smallest absolute Gasteiger partial charge is 0.319 e. The minimum absolute atomic E-state index is 0.201. The molecule has 2 saturated heterocycles. The highest BCUT2D eigenvalue weighted by Gasteiger charge is 2.64. The maximum Gasteiger partial charge on any atom is 0.319 e. The van der Waals surface area contributed by atoms with Gasteiger partial charge in [-0.05, 0) is 39.7 Å². The molecule has 2 heterocycles. The van der Waals surface area contributed by atoms with E-state index in [-0.39, 0.29) is 17.9 Å². The molecule has 0 aliphatic carbocycles. The Balaban J connectivity index is 1.98. The van der Waals surface area contributed by atoms with Crippen molar-refractivity contribution in [3.63, 3.8) is 0 Å². The lowest BCUT2D eigenvalue weighted by molar-refractivity contribution is -0.164. The molecule has 0 bridgehead atoms. The predicted molar refractivity (Wildman–Crippen MR) is 98.0 cm³/mol. The Morgan fingerprint density at radius 3 is 2.62 bits per heavy atom. The monoisotopic (exact) mass is 357 g/mol. The van der Waals surface area contributed by atoms with E-state index < -0.39 is 23.2 Å². The van der Waals surface area contributed by atoms with Crippen LogP contribution in [0.1, 0.15) is 45.7 Å². The SMILES string of the molecule is C=CC[C@@H]1[C@@H](C(=O)OC(C)(C)C)C(=O)N2[C@@H](c3ccccc3)CO[C@]12C. The summed E-state index contributed by atoms with van der Waals surface area (Å²) in [5.41, 5.74) is -0.483. The van der Waals surface area contributed by atoms with Crippen LogP contribution in [0.15, 0.2) is 43.0 Å². The van der Waals surface area contributed by atoms with Crippen molar-refractivity contribution in [1.29, 1.82) is 0 Å². The van der Waals surface area contributed by atoms with Gasteiger partial charge in [-0.25, -0.2) is 0 Å².